The fraction of sp³-hybridized carbons (Fsp3) is 0.450. The van der Waals surface area contributed by atoms with E-state index < -0.39 is 17.8 Å². The summed E-state index contributed by atoms with van der Waals surface area (Å²) >= 11 is 0. The van der Waals surface area contributed by atoms with Gasteiger partial charge in [0.25, 0.3) is 0 Å². The molecule has 0 bridgehead atoms. The van der Waals surface area contributed by atoms with Crippen molar-refractivity contribution < 1.29 is 17.6 Å². The second-order valence-corrected chi connectivity index (χ2v) is 7.89. The number of aromatic nitrogens is 4. The topological polar surface area (TPSA) is 67.1 Å². The largest absolute Gasteiger partial charge is 0.399 e. The molecular weight excluding hydrogens is 400 g/mol. The third-order valence-corrected chi connectivity index (χ3v) is 5.92. The van der Waals surface area contributed by atoms with E-state index in [9.17, 15) is 17.6 Å². The summed E-state index contributed by atoms with van der Waals surface area (Å²) in [5, 5.41) is 6.25. The molecule has 2 atom stereocenters. The van der Waals surface area contributed by atoms with Crippen LogP contribution < -0.4 is 10.6 Å². The molecule has 6 nitrogen and oxygen atoms in total. The molecule has 1 aliphatic heterocycles. The van der Waals surface area contributed by atoms with Gasteiger partial charge in [-0.15, -0.1) is 0 Å². The van der Waals surface area contributed by atoms with Crippen LogP contribution in [0.15, 0.2) is 36.8 Å². The van der Waals surface area contributed by atoms with Gasteiger partial charge >= 0.3 is 6.18 Å². The molecule has 2 fully saturated rings. The molecule has 2 N–H and O–H groups in total. The van der Waals surface area contributed by atoms with Crippen molar-refractivity contribution in [2.24, 2.45) is 0 Å². The van der Waals surface area contributed by atoms with Crippen LogP contribution in [0.25, 0.3) is 17.0 Å². The van der Waals surface area contributed by atoms with E-state index in [2.05, 4.69) is 25.6 Å². The molecule has 1 saturated heterocycles. The Balaban J connectivity index is 1.49. The quantitative estimate of drug-likeness (QED) is 0.633. The Morgan fingerprint density at radius 3 is 2.73 bits per heavy atom. The predicted octanol–water partition coefficient (Wildman–Crippen LogP) is 3.50. The SMILES string of the molecule is F[C@H]1CCNC[C@@H]1Nc1cccc(-c2cnc3cnc(C4(C(F)(F)F)CC4)cn23)n1. The van der Waals surface area contributed by atoms with E-state index >= 15 is 0 Å². The highest BCUT2D eigenvalue weighted by molar-refractivity contribution is 5.62. The van der Waals surface area contributed by atoms with Crippen molar-refractivity contribution in [3.8, 4) is 11.4 Å². The van der Waals surface area contributed by atoms with Crippen molar-refractivity contribution in [2.45, 2.75) is 43.1 Å². The van der Waals surface area contributed by atoms with E-state index in [1.54, 1.807) is 28.8 Å². The molecule has 4 heterocycles. The zero-order valence-electron chi connectivity index (χ0n) is 16.0. The molecule has 0 spiro atoms. The standard InChI is InChI=1S/C20H20F4N6/c21-12-4-7-25-8-14(12)29-17-3-1-2-13(28-17)15-9-27-18-10-26-16(11-30(15)18)19(5-6-19)20(22,23)24/h1-3,9-12,14,25H,4-8H2,(H,28,29)/t12-,14-/m0/s1. The fourth-order valence-corrected chi connectivity index (χ4v) is 3.95. The predicted molar refractivity (Wildman–Crippen MR) is 103 cm³/mol. The maximum atomic E-state index is 14.1. The number of imidazole rings is 1. The lowest BCUT2D eigenvalue weighted by Gasteiger charge is -2.28. The number of hydrogen-bond donors (Lipinski definition) is 2. The third-order valence-electron chi connectivity index (χ3n) is 5.92. The number of hydrogen-bond acceptors (Lipinski definition) is 5. The Kier molecular flexibility index (Phi) is 4.42. The van der Waals surface area contributed by atoms with Crippen molar-refractivity contribution >= 4 is 11.5 Å². The van der Waals surface area contributed by atoms with Gasteiger partial charge in [0.2, 0.25) is 0 Å². The molecule has 1 saturated carbocycles. The Morgan fingerprint density at radius 2 is 2.00 bits per heavy atom. The minimum Gasteiger partial charge on any atom is -0.363 e. The van der Waals surface area contributed by atoms with Crippen LogP contribution in [0.5, 0.6) is 0 Å². The summed E-state index contributed by atoms with van der Waals surface area (Å²) in [4.78, 5) is 12.8. The van der Waals surface area contributed by atoms with Crippen LogP contribution >= 0.6 is 0 Å². The summed E-state index contributed by atoms with van der Waals surface area (Å²) in [6.07, 6.45) is -0.489. The Morgan fingerprint density at radius 1 is 1.17 bits per heavy atom. The molecule has 3 aromatic rings. The van der Waals surface area contributed by atoms with Crippen molar-refractivity contribution in [3.63, 3.8) is 0 Å². The summed E-state index contributed by atoms with van der Waals surface area (Å²) in [5.41, 5.74) is -0.366. The second-order valence-electron chi connectivity index (χ2n) is 7.89. The lowest BCUT2D eigenvalue weighted by molar-refractivity contribution is -0.161. The van der Waals surface area contributed by atoms with Gasteiger partial charge in [0.15, 0.2) is 5.65 Å². The van der Waals surface area contributed by atoms with E-state index in [0.717, 1.165) is 0 Å². The molecule has 0 unspecified atom stereocenters. The first-order valence-electron chi connectivity index (χ1n) is 9.86. The zero-order valence-corrected chi connectivity index (χ0v) is 16.0. The average Bonchev–Trinajstić information content (AvgIpc) is 3.44. The number of piperidine rings is 1. The molecule has 0 radical (unpaired) electrons. The first kappa shape index (κ1) is 19.2. The van der Waals surface area contributed by atoms with Crippen LogP contribution in [0.3, 0.4) is 0 Å². The molecule has 0 aromatic carbocycles. The monoisotopic (exact) mass is 420 g/mol. The van der Waals surface area contributed by atoms with Gasteiger partial charge in [-0.05, 0) is 37.9 Å². The van der Waals surface area contributed by atoms with Crippen molar-refractivity contribution in [3.05, 3.63) is 42.5 Å². The second kappa shape index (κ2) is 6.90. The highest BCUT2D eigenvalue weighted by Gasteiger charge is 2.65. The zero-order chi connectivity index (χ0) is 20.9. The summed E-state index contributed by atoms with van der Waals surface area (Å²) in [6, 6.07) is 4.87. The summed E-state index contributed by atoms with van der Waals surface area (Å²) in [5.74, 6) is 0.502. The van der Waals surface area contributed by atoms with E-state index in [0.29, 0.717) is 42.4 Å². The molecule has 2 aliphatic rings. The van der Waals surface area contributed by atoms with E-state index in [1.807, 2.05) is 0 Å². The Hall–Kier alpha value is -2.75. The maximum Gasteiger partial charge on any atom is 0.399 e. The number of halogens is 4. The van der Waals surface area contributed by atoms with Gasteiger partial charge in [-0.3, -0.25) is 9.38 Å². The number of fused-ring (bicyclic) bond motifs is 1. The number of rotatable bonds is 4. The minimum atomic E-state index is -4.34. The molecule has 158 valence electrons. The number of nitrogens with zero attached hydrogens (tertiary/aromatic N) is 4. The highest BCUT2D eigenvalue weighted by atomic mass is 19.4. The number of anilines is 1. The van der Waals surface area contributed by atoms with Crippen molar-refractivity contribution in [1.29, 1.82) is 0 Å². The van der Waals surface area contributed by atoms with Gasteiger partial charge in [0.1, 0.15) is 17.4 Å². The van der Waals surface area contributed by atoms with Crippen LogP contribution in [0.1, 0.15) is 25.0 Å². The number of pyridine rings is 1. The molecule has 10 heteroatoms. The van der Waals surface area contributed by atoms with E-state index in [4.69, 9.17) is 0 Å². The maximum absolute atomic E-state index is 14.1. The van der Waals surface area contributed by atoms with Gasteiger partial charge in [-0.25, -0.2) is 14.4 Å². The van der Waals surface area contributed by atoms with Gasteiger partial charge in [0, 0.05) is 12.7 Å². The van der Waals surface area contributed by atoms with Crippen LogP contribution in [-0.2, 0) is 5.41 Å². The van der Waals surface area contributed by atoms with Crippen molar-refractivity contribution in [2.75, 3.05) is 18.4 Å². The number of nitrogens with one attached hydrogen (secondary N) is 2. The number of alkyl halides is 4. The minimum absolute atomic E-state index is 0.00965. The fourth-order valence-electron chi connectivity index (χ4n) is 3.95. The molecule has 5 rings (SSSR count). The third kappa shape index (κ3) is 3.19. The van der Waals surface area contributed by atoms with E-state index in [1.165, 1.54) is 12.4 Å². The Labute approximate surface area is 169 Å². The molecule has 1 aliphatic carbocycles. The van der Waals surface area contributed by atoms with E-state index in [-0.39, 0.29) is 24.6 Å². The Bertz CT molecular complexity index is 1070. The normalized spacial score (nSPS) is 23.5. The molecule has 30 heavy (non-hydrogen) atoms. The van der Waals surface area contributed by atoms with Crippen molar-refractivity contribution in [1.82, 2.24) is 24.7 Å². The summed E-state index contributed by atoms with van der Waals surface area (Å²) in [7, 11) is 0. The molecular formula is C20H20F4N6. The van der Waals surface area contributed by atoms with Crippen LogP contribution in [0.2, 0.25) is 0 Å². The summed E-state index contributed by atoms with van der Waals surface area (Å²) < 4.78 is 56.3. The van der Waals surface area contributed by atoms with Crippen LogP contribution in [0, 0.1) is 0 Å². The van der Waals surface area contributed by atoms with Gasteiger partial charge in [0.05, 0.1) is 35.5 Å². The van der Waals surface area contributed by atoms with Gasteiger partial charge < -0.3 is 10.6 Å². The average molecular weight is 420 g/mol. The molecule has 0 amide bonds. The van der Waals surface area contributed by atoms with Gasteiger partial charge in [-0.1, -0.05) is 6.07 Å². The lowest BCUT2D eigenvalue weighted by Crippen LogP contribution is -2.46. The first-order chi connectivity index (χ1) is 14.4. The van der Waals surface area contributed by atoms with Gasteiger partial charge in [-0.2, -0.15) is 13.2 Å². The summed E-state index contributed by atoms with van der Waals surface area (Å²) in [6.45, 7) is 1.14. The lowest BCUT2D eigenvalue weighted by atomic mass is 10.0. The molecule has 3 aromatic heterocycles. The highest BCUT2D eigenvalue weighted by Crippen LogP contribution is 2.58. The van der Waals surface area contributed by atoms with Crippen LogP contribution in [0.4, 0.5) is 23.4 Å². The first-order valence-corrected chi connectivity index (χ1v) is 9.86. The smallest absolute Gasteiger partial charge is 0.363 e. The van der Waals surface area contributed by atoms with Crippen LogP contribution in [-0.4, -0.2) is 50.8 Å².